The Morgan fingerprint density at radius 3 is 2.29 bits per heavy atom. The van der Waals surface area contributed by atoms with Crippen molar-refractivity contribution in [2.45, 2.75) is 57.4 Å². The van der Waals surface area contributed by atoms with Crippen LogP contribution in [0.3, 0.4) is 0 Å². The van der Waals surface area contributed by atoms with E-state index < -0.39 is 24.3 Å². The summed E-state index contributed by atoms with van der Waals surface area (Å²) in [5.41, 5.74) is 2.29. The SMILES string of the molecule is Cc1nc(COCC2CC3OCCN(Cc4ccoc4)C3C2)cs1.O=C(O)C(F)(F)F.O=C(O)C(F)(F)F. The molecule has 2 aromatic heterocycles. The Hall–Kier alpha value is -2.69. The Kier molecular flexibility index (Phi) is 11.5. The molecule has 2 aromatic rings. The number of halogens is 6. The van der Waals surface area contributed by atoms with Crippen LogP contribution in [0.5, 0.6) is 0 Å². The van der Waals surface area contributed by atoms with Gasteiger partial charge in [0, 0.05) is 30.1 Å². The second-order valence-electron chi connectivity index (χ2n) is 8.39. The summed E-state index contributed by atoms with van der Waals surface area (Å²) < 4.78 is 80.6. The lowest BCUT2D eigenvalue weighted by atomic mass is 10.1. The van der Waals surface area contributed by atoms with Crippen LogP contribution in [0, 0.1) is 12.8 Å². The lowest BCUT2D eigenvalue weighted by Crippen LogP contribution is -2.47. The van der Waals surface area contributed by atoms with E-state index in [1.807, 2.05) is 13.2 Å². The molecule has 3 unspecified atom stereocenters. The Morgan fingerprint density at radius 2 is 1.79 bits per heavy atom. The van der Waals surface area contributed by atoms with E-state index in [0.29, 0.717) is 24.7 Å². The van der Waals surface area contributed by atoms with Crippen LogP contribution in [-0.4, -0.2) is 76.3 Å². The Balaban J connectivity index is 0.000000301. The molecule has 0 aromatic carbocycles. The maximum atomic E-state index is 10.6. The van der Waals surface area contributed by atoms with E-state index in [9.17, 15) is 26.3 Å². The van der Waals surface area contributed by atoms with Gasteiger partial charge in [0.15, 0.2) is 0 Å². The van der Waals surface area contributed by atoms with Crippen LogP contribution in [0.25, 0.3) is 0 Å². The molecule has 2 fully saturated rings. The highest BCUT2D eigenvalue weighted by molar-refractivity contribution is 7.09. The van der Waals surface area contributed by atoms with Crippen LogP contribution in [0.4, 0.5) is 26.3 Å². The molecule has 9 nitrogen and oxygen atoms in total. The third-order valence-electron chi connectivity index (χ3n) is 5.47. The lowest BCUT2D eigenvalue weighted by Gasteiger charge is -2.37. The number of furan rings is 1. The summed E-state index contributed by atoms with van der Waals surface area (Å²) in [7, 11) is 0. The normalized spacial score (nSPS) is 21.5. The van der Waals surface area contributed by atoms with Crippen molar-refractivity contribution in [3.05, 3.63) is 40.2 Å². The topological polar surface area (TPSA) is 122 Å². The van der Waals surface area contributed by atoms with Gasteiger partial charge < -0.3 is 24.1 Å². The molecular weight excluding hydrogens is 550 g/mol. The predicted octanol–water partition coefficient (Wildman–Crippen LogP) is 4.51. The quantitative estimate of drug-likeness (QED) is 0.479. The highest BCUT2D eigenvalue weighted by Crippen LogP contribution is 2.35. The number of morpholine rings is 1. The Morgan fingerprint density at radius 1 is 1.16 bits per heavy atom. The predicted molar refractivity (Wildman–Crippen MR) is 119 cm³/mol. The van der Waals surface area contributed by atoms with Crippen molar-refractivity contribution in [1.82, 2.24) is 9.88 Å². The molecule has 214 valence electrons. The highest BCUT2D eigenvalue weighted by atomic mass is 32.1. The van der Waals surface area contributed by atoms with E-state index >= 15 is 0 Å². The number of carbonyl (C=O) groups is 2. The van der Waals surface area contributed by atoms with Gasteiger partial charge in [-0.05, 0) is 31.7 Å². The molecule has 3 atom stereocenters. The lowest BCUT2D eigenvalue weighted by molar-refractivity contribution is -0.193. The van der Waals surface area contributed by atoms with Gasteiger partial charge in [-0.25, -0.2) is 14.6 Å². The third kappa shape index (κ3) is 10.6. The first-order valence-corrected chi connectivity index (χ1v) is 12.0. The summed E-state index contributed by atoms with van der Waals surface area (Å²) in [5, 5.41) is 17.4. The summed E-state index contributed by atoms with van der Waals surface area (Å²) in [6, 6.07) is 2.55. The Labute approximate surface area is 217 Å². The maximum Gasteiger partial charge on any atom is 0.490 e. The second-order valence-corrected chi connectivity index (χ2v) is 9.46. The second kappa shape index (κ2) is 13.9. The number of alkyl halides is 6. The molecular formula is C22H26F6N2O7S. The number of fused-ring (bicyclic) bond motifs is 1. The zero-order chi connectivity index (χ0) is 28.5. The van der Waals surface area contributed by atoms with Crippen molar-refractivity contribution in [2.24, 2.45) is 5.92 Å². The van der Waals surface area contributed by atoms with Crippen molar-refractivity contribution in [3.63, 3.8) is 0 Å². The Bertz CT molecular complexity index is 989. The molecule has 1 aliphatic carbocycles. The molecule has 2 N–H and O–H groups in total. The van der Waals surface area contributed by atoms with Gasteiger partial charge >= 0.3 is 24.3 Å². The van der Waals surface area contributed by atoms with E-state index in [2.05, 4.69) is 21.3 Å². The summed E-state index contributed by atoms with van der Waals surface area (Å²) in [6.45, 7) is 6.22. The summed E-state index contributed by atoms with van der Waals surface area (Å²) >= 11 is 1.68. The molecule has 1 saturated carbocycles. The number of nitrogens with zero attached hydrogens (tertiary/aromatic N) is 2. The zero-order valence-corrected chi connectivity index (χ0v) is 20.8. The molecule has 0 bridgehead atoms. The van der Waals surface area contributed by atoms with E-state index in [0.717, 1.165) is 49.8 Å². The summed E-state index contributed by atoms with van der Waals surface area (Å²) in [5.74, 6) is -4.94. The summed E-state index contributed by atoms with van der Waals surface area (Å²) in [4.78, 5) is 24.8. The summed E-state index contributed by atoms with van der Waals surface area (Å²) in [6.07, 6.45) is -3.98. The van der Waals surface area contributed by atoms with Crippen molar-refractivity contribution in [1.29, 1.82) is 0 Å². The van der Waals surface area contributed by atoms with Crippen LogP contribution in [0.1, 0.15) is 29.1 Å². The van der Waals surface area contributed by atoms with Gasteiger partial charge in [0.1, 0.15) is 0 Å². The van der Waals surface area contributed by atoms with Gasteiger partial charge in [-0.3, -0.25) is 4.90 Å². The zero-order valence-electron chi connectivity index (χ0n) is 20.0. The van der Waals surface area contributed by atoms with Crippen LogP contribution in [0.15, 0.2) is 28.4 Å². The van der Waals surface area contributed by atoms with Crippen molar-refractivity contribution in [3.8, 4) is 0 Å². The van der Waals surface area contributed by atoms with Crippen molar-refractivity contribution < 1.29 is 60.0 Å². The molecule has 2 aliphatic rings. The number of hydrogen-bond donors (Lipinski definition) is 2. The average molecular weight is 577 g/mol. The van der Waals surface area contributed by atoms with E-state index in [4.69, 9.17) is 33.7 Å². The third-order valence-corrected chi connectivity index (χ3v) is 6.29. The monoisotopic (exact) mass is 576 g/mol. The first-order valence-electron chi connectivity index (χ1n) is 11.1. The standard InChI is InChI=1S/C18H24N2O3S.2C2HF3O2/c1-13-19-16(12-24-13)11-22-10-15-6-17-18(7-15)23-5-3-20(17)8-14-2-4-21-9-14;2*3-2(4,5)1(6)7/h2,4,9,12,15,17-18H,3,5-8,10-11H2,1H3;2*(H,6,7). The minimum absolute atomic E-state index is 0.348. The molecule has 0 spiro atoms. The molecule has 1 saturated heterocycles. The van der Waals surface area contributed by atoms with Gasteiger partial charge in [0.25, 0.3) is 0 Å². The number of aromatic nitrogens is 1. The van der Waals surface area contributed by atoms with Gasteiger partial charge in [-0.15, -0.1) is 11.3 Å². The van der Waals surface area contributed by atoms with Crippen molar-refractivity contribution >= 4 is 23.3 Å². The number of thiazole rings is 1. The number of ether oxygens (including phenoxy) is 2. The molecule has 3 heterocycles. The fourth-order valence-corrected chi connectivity index (χ4v) is 4.48. The van der Waals surface area contributed by atoms with Gasteiger partial charge in [-0.2, -0.15) is 26.3 Å². The number of rotatable bonds is 6. The van der Waals surface area contributed by atoms with Crippen LogP contribution < -0.4 is 0 Å². The number of aliphatic carboxylic acids is 2. The van der Waals surface area contributed by atoms with E-state index in [1.165, 1.54) is 5.56 Å². The molecule has 16 heteroatoms. The molecule has 1 aliphatic heterocycles. The highest BCUT2D eigenvalue weighted by Gasteiger charge is 2.41. The largest absolute Gasteiger partial charge is 0.490 e. The molecule has 0 radical (unpaired) electrons. The van der Waals surface area contributed by atoms with Crippen LogP contribution in [0.2, 0.25) is 0 Å². The van der Waals surface area contributed by atoms with Gasteiger partial charge in [0.05, 0.1) is 49.2 Å². The first-order chi connectivity index (χ1) is 17.7. The van der Waals surface area contributed by atoms with E-state index in [-0.39, 0.29) is 0 Å². The smallest absolute Gasteiger partial charge is 0.475 e. The maximum absolute atomic E-state index is 10.6. The first kappa shape index (κ1) is 31.5. The number of carboxylic acid groups (broad SMARTS) is 2. The van der Waals surface area contributed by atoms with Gasteiger partial charge in [0.2, 0.25) is 0 Å². The van der Waals surface area contributed by atoms with Crippen molar-refractivity contribution in [2.75, 3.05) is 19.8 Å². The fraction of sp³-hybridized carbons (Fsp3) is 0.591. The molecule has 0 amide bonds. The molecule has 38 heavy (non-hydrogen) atoms. The van der Waals surface area contributed by atoms with Crippen LogP contribution >= 0.6 is 11.3 Å². The molecule has 4 rings (SSSR count). The van der Waals surface area contributed by atoms with E-state index in [1.54, 1.807) is 17.6 Å². The van der Waals surface area contributed by atoms with Gasteiger partial charge in [-0.1, -0.05) is 0 Å². The minimum atomic E-state index is -5.08. The number of hydrogen-bond acceptors (Lipinski definition) is 8. The minimum Gasteiger partial charge on any atom is -0.475 e. The average Bonchev–Trinajstić information content (AvgIpc) is 3.55. The fourth-order valence-electron chi connectivity index (χ4n) is 3.88. The van der Waals surface area contributed by atoms with Crippen LogP contribution in [-0.2, 0) is 32.2 Å². The number of carboxylic acids is 2. The number of aryl methyl sites for hydroxylation is 1.